The zero-order valence-electron chi connectivity index (χ0n) is 18.1. The number of halogens is 1. The van der Waals surface area contributed by atoms with E-state index in [1.807, 2.05) is 24.3 Å². The van der Waals surface area contributed by atoms with E-state index in [-0.39, 0.29) is 6.03 Å². The Morgan fingerprint density at radius 2 is 1.91 bits per heavy atom. The van der Waals surface area contributed by atoms with Gasteiger partial charge in [-0.05, 0) is 30.7 Å². The number of aryl methyl sites for hydroxylation is 1. The number of anilines is 2. The van der Waals surface area contributed by atoms with Crippen molar-refractivity contribution >= 4 is 44.3 Å². The standard InChI is InChI=1S/C23H27BrN6OS/c1-17-5-7-18(8-6-17)15-21-27-23(32-28-21)30-13-11-29(12-14-30)10-9-25-22(31)26-20-4-2-3-19(24)16-20/h2-8,16H,9-15H2,1H3,(H2,25,26,31). The number of nitrogens with one attached hydrogen (secondary N) is 2. The van der Waals surface area contributed by atoms with Gasteiger partial charge in [0.15, 0.2) is 0 Å². The number of hydrogen-bond donors (Lipinski definition) is 2. The van der Waals surface area contributed by atoms with E-state index in [1.165, 1.54) is 22.7 Å². The molecule has 0 bridgehead atoms. The topological polar surface area (TPSA) is 73.4 Å². The van der Waals surface area contributed by atoms with E-state index in [9.17, 15) is 4.79 Å². The van der Waals surface area contributed by atoms with Crippen LogP contribution in [0, 0.1) is 6.92 Å². The lowest BCUT2D eigenvalue weighted by Gasteiger charge is -2.34. The van der Waals surface area contributed by atoms with Crippen LogP contribution in [0.25, 0.3) is 0 Å². The van der Waals surface area contributed by atoms with E-state index in [0.29, 0.717) is 6.54 Å². The third kappa shape index (κ3) is 6.51. The Morgan fingerprint density at radius 3 is 2.66 bits per heavy atom. The van der Waals surface area contributed by atoms with E-state index < -0.39 is 0 Å². The molecule has 0 aliphatic carbocycles. The van der Waals surface area contributed by atoms with E-state index in [1.54, 1.807) is 0 Å². The van der Waals surface area contributed by atoms with Crippen molar-refractivity contribution in [3.63, 3.8) is 0 Å². The highest BCUT2D eigenvalue weighted by Crippen LogP contribution is 2.20. The van der Waals surface area contributed by atoms with Crippen molar-refractivity contribution < 1.29 is 4.79 Å². The molecule has 2 amide bonds. The fraction of sp³-hybridized carbons (Fsp3) is 0.348. The fourth-order valence-electron chi connectivity index (χ4n) is 3.57. The minimum absolute atomic E-state index is 0.184. The molecule has 1 saturated heterocycles. The smallest absolute Gasteiger partial charge is 0.319 e. The third-order valence-electron chi connectivity index (χ3n) is 5.38. The minimum atomic E-state index is -0.184. The number of rotatable bonds is 7. The molecule has 0 radical (unpaired) electrons. The third-order valence-corrected chi connectivity index (χ3v) is 6.69. The molecular weight excluding hydrogens is 488 g/mol. The summed E-state index contributed by atoms with van der Waals surface area (Å²) in [6.07, 6.45) is 0.768. The van der Waals surface area contributed by atoms with Crippen molar-refractivity contribution in [3.8, 4) is 0 Å². The van der Waals surface area contributed by atoms with Gasteiger partial charge in [-0.1, -0.05) is 51.8 Å². The predicted molar refractivity (Wildman–Crippen MR) is 134 cm³/mol. The predicted octanol–water partition coefficient (Wildman–Crippen LogP) is 4.14. The Morgan fingerprint density at radius 1 is 1.12 bits per heavy atom. The number of aromatic nitrogens is 2. The molecule has 2 N–H and O–H groups in total. The second-order valence-corrected chi connectivity index (χ2v) is 9.52. The van der Waals surface area contributed by atoms with Crippen molar-refractivity contribution in [2.45, 2.75) is 13.3 Å². The van der Waals surface area contributed by atoms with E-state index in [2.05, 4.69) is 71.9 Å². The largest absolute Gasteiger partial charge is 0.344 e. The summed E-state index contributed by atoms with van der Waals surface area (Å²) in [7, 11) is 0. The van der Waals surface area contributed by atoms with Crippen molar-refractivity contribution in [2.75, 3.05) is 49.5 Å². The van der Waals surface area contributed by atoms with Crippen LogP contribution < -0.4 is 15.5 Å². The van der Waals surface area contributed by atoms with Crippen LogP contribution in [0.4, 0.5) is 15.6 Å². The van der Waals surface area contributed by atoms with Gasteiger partial charge in [0.1, 0.15) is 5.82 Å². The summed E-state index contributed by atoms with van der Waals surface area (Å²) in [5.74, 6) is 0.886. The Labute approximate surface area is 201 Å². The van der Waals surface area contributed by atoms with Crippen LogP contribution in [0.3, 0.4) is 0 Å². The van der Waals surface area contributed by atoms with Gasteiger partial charge in [-0.2, -0.15) is 4.37 Å². The lowest BCUT2D eigenvalue weighted by Crippen LogP contribution is -2.48. The number of nitrogens with zero attached hydrogens (tertiary/aromatic N) is 4. The number of carbonyl (C=O) groups is 1. The van der Waals surface area contributed by atoms with Gasteiger partial charge in [0.2, 0.25) is 5.13 Å². The van der Waals surface area contributed by atoms with Crippen LogP contribution in [-0.2, 0) is 6.42 Å². The maximum Gasteiger partial charge on any atom is 0.319 e. The molecular formula is C23H27BrN6OS. The Hall–Kier alpha value is -2.49. The summed E-state index contributed by atoms with van der Waals surface area (Å²) < 4.78 is 5.49. The number of piperazine rings is 1. The highest BCUT2D eigenvalue weighted by molar-refractivity contribution is 9.10. The van der Waals surface area contributed by atoms with Crippen LogP contribution in [0.2, 0.25) is 0 Å². The van der Waals surface area contributed by atoms with Crippen molar-refractivity contribution in [1.82, 2.24) is 19.6 Å². The van der Waals surface area contributed by atoms with E-state index >= 15 is 0 Å². The van der Waals surface area contributed by atoms with Crippen LogP contribution in [0.15, 0.2) is 53.0 Å². The number of urea groups is 1. The normalized spacial score (nSPS) is 14.4. The molecule has 3 aromatic rings. The number of hydrogen-bond acceptors (Lipinski definition) is 6. The lowest BCUT2D eigenvalue weighted by molar-refractivity contribution is 0.240. The average molecular weight is 515 g/mol. The van der Waals surface area contributed by atoms with Gasteiger partial charge in [0.05, 0.1) is 0 Å². The monoisotopic (exact) mass is 514 g/mol. The van der Waals surface area contributed by atoms with Crippen LogP contribution in [0.5, 0.6) is 0 Å². The Kier molecular flexibility index (Phi) is 7.72. The first kappa shape index (κ1) is 22.7. The summed E-state index contributed by atoms with van der Waals surface area (Å²) >= 11 is 4.89. The quantitative estimate of drug-likeness (QED) is 0.495. The molecule has 1 aromatic heterocycles. The minimum Gasteiger partial charge on any atom is -0.344 e. The molecule has 168 valence electrons. The summed E-state index contributed by atoms with van der Waals surface area (Å²) in [6, 6.07) is 15.9. The van der Waals surface area contributed by atoms with Crippen molar-refractivity contribution in [3.05, 3.63) is 70.0 Å². The Bertz CT molecular complexity index is 1030. The summed E-state index contributed by atoms with van der Waals surface area (Å²) in [6.45, 7) is 7.27. The zero-order chi connectivity index (χ0) is 22.3. The summed E-state index contributed by atoms with van der Waals surface area (Å²) in [5.41, 5.74) is 3.27. The highest BCUT2D eigenvalue weighted by atomic mass is 79.9. The Balaban J connectivity index is 1.17. The molecule has 4 rings (SSSR count). The second kappa shape index (κ2) is 10.9. The maximum absolute atomic E-state index is 12.1. The maximum atomic E-state index is 12.1. The second-order valence-electron chi connectivity index (χ2n) is 7.88. The van der Waals surface area contributed by atoms with E-state index in [4.69, 9.17) is 4.98 Å². The molecule has 32 heavy (non-hydrogen) atoms. The molecule has 0 saturated carbocycles. The molecule has 0 atom stereocenters. The first-order valence-electron chi connectivity index (χ1n) is 10.7. The van der Waals surface area contributed by atoms with Crippen LogP contribution >= 0.6 is 27.5 Å². The molecule has 2 aromatic carbocycles. The van der Waals surface area contributed by atoms with Gasteiger partial charge in [0, 0.05) is 67.4 Å². The van der Waals surface area contributed by atoms with Crippen molar-refractivity contribution in [1.29, 1.82) is 0 Å². The molecule has 9 heteroatoms. The van der Waals surface area contributed by atoms with Crippen LogP contribution in [0.1, 0.15) is 17.0 Å². The van der Waals surface area contributed by atoms with Gasteiger partial charge in [0.25, 0.3) is 0 Å². The van der Waals surface area contributed by atoms with Gasteiger partial charge in [-0.15, -0.1) is 0 Å². The highest BCUT2D eigenvalue weighted by Gasteiger charge is 2.20. The average Bonchev–Trinajstić information content (AvgIpc) is 3.24. The fourth-order valence-corrected chi connectivity index (χ4v) is 4.70. The summed E-state index contributed by atoms with van der Waals surface area (Å²) in [4.78, 5) is 21.5. The first-order valence-corrected chi connectivity index (χ1v) is 12.3. The van der Waals surface area contributed by atoms with Crippen LogP contribution in [-0.4, -0.2) is 59.6 Å². The number of carbonyl (C=O) groups excluding carboxylic acids is 1. The molecule has 1 fully saturated rings. The number of benzene rings is 2. The number of amides is 2. The molecule has 1 aliphatic rings. The first-order chi connectivity index (χ1) is 15.5. The molecule has 7 nitrogen and oxygen atoms in total. The lowest BCUT2D eigenvalue weighted by atomic mass is 10.1. The molecule has 0 spiro atoms. The van der Waals surface area contributed by atoms with Gasteiger partial charge in [-0.3, -0.25) is 4.90 Å². The summed E-state index contributed by atoms with van der Waals surface area (Å²) in [5, 5.41) is 6.78. The van der Waals surface area contributed by atoms with Gasteiger partial charge in [-0.25, -0.2) is 9.78 Å². The SMILES string of the molecule is Cc1ccc(Cc2nsc(N3CCN(CCNC(=O)Nc4cccc(Br)c4)CC3)n2)cc1. The molecule has 2 heterocycles. The van der Waals surface area contributed by atoms with E-state index in [0.717, 1.165) is 60.3 Å². The van der Waals surface area contributed by atoms with Gasteiger partial charge < -0.3 is 15.5 Å². The van der Waals surface area contributed by atoms with Gasteiger partial charge >= 0.3 is 6.03 Å². The zero-order valence-corrected chi connectivity index (χ0v) is 20.5. The molecule has 1 aliphatic heterocycles. The van der Waals surface area contributed by atoms with Crippen molar-refractivity contribution in [2.24, 2.45) is 0 Å². The molecule has 0 unspecified atom stereocenters.